The van der Waals surface area contributed by atoms with Crippen LogP contribution in [-0.2, 0) is 12.8 Å². The summed E-state index contributed by atoms with van der Waals surface area (Å²) in [5.74, 6) is 0. The quantitative estimate of drug-likeness (QED) is 0.684. The summed E-state index contributed by atoms with van der Waals surface area (Å²) in [6.07, 6.45) is 2.19. The van der Waals surface area contributed by atoms with Gasteiger partial charge in [-0.25, -0.2) is 0 Å². The molecule has 0 fully saturated rings. The lowest BCUT2D eigenvalue weighted by Crippen LogP contribution is -1.91. The van der Waals surface area contributed by atoms with Crippen molar-refractivity contribution in [3.8, 4) is 0 Å². The van der Waals surface area contributed by atoms with Crippen LogP contribution < -0.4 is 0 Å². The SMILES string of the molecule is CCc1cccc(S)c1CC.O. The topological polar surface area (TPSA) is 31.5 Å². The Kier molecular flexibility index (Phi) is 5.02. The molecule has 1 rings (SSSR count). The molecule has 0 unspecified atom stereocenters. The summed E-state index contributed by atoms with van der Waals surface area (Å²) in [6.45, 7) is 4.36. The highest BCUT2D eigenvalue weighted by atomic mass is 32.1. The number of benzene rings is 1. The van der Waals surface area contributed by atoms with E-state index in [0.717, 1.165) is 17.7 Å². The minimum absolute atomic E-state index is 0. The number of aryl methyl sites for hydroxylation is 1. The lowest BCUT2D eigenvalue weighted by atomic mass is 10.0. The van der Waals surface area contributed by atoms with Crippen molar-refractivity contribution >= 4 is 12.6 Å². The van der Waals surface area contributed by atoms with Gasteiger partial charge in [-0.3, -0.25) is 0 Å². The fourth-order valence-corrected chi connectivity index (χ4v) is 1.75. The van der Waals surface area contributed by atoms with Crippen LogP contribution in [0.2, 0.25) is 0 Å². The minimum Gasteiger partial charge on any atom is -0.412 e. The Morgan fingerprint density at radius 3 is 2.25 bits per heavy atom. The zero-order valence-corrected chi connectivity index (χ0v) is 8.49. The predicted molar refractivity (Wildman–Crippen MR) is 56.1 cm³/mol. The number of hydrogen-bond donors (Lipinski definition) is 1. The molecule has 0 saturated heterocycles. The molecule has 2 N–H and O–H groups in total. The first-order chi connectivity index (χ1) is 5.29. The van der Waals surface area contributed by atoms with Crippen LogP contribution in [-0.4, -0.2) is 5.48 Å². The molecule has 0 aromatic heterocycles. The normalized spacial score (nSPS) is 9.25. The van der Waals surface area contributed by atoms with Crippen LogP contribution in [0.4, 0.5) is 0 Å². The van der Waals surface area contributed by atoms with Gasteiger partial charge in [-0.15, -0.1) is 12.6 Å². The van der Waals surface area contributed by atoms with Gasteiger partial charge in [0, 0.05) is 4.90 Å². The number of thiol groups is 1. The van der Waals surface area contributed by atoms with Crippen molar-refractivity contribution in [2.75, 3.05) is 0 Å². The molecule has 0 amide bonds. The van der Waals surface area contributed by atoms with E-state index in [1.807, 2.05) is 0 Å². The monoisotopic (exact) mass is 184 g/mol. The van der Waals surface area contributed by atoms with Crippen molar-refractivity contribution in [2.24, 2.45) is 0 Å². The van der Waals surface area contributed by atoms with Crippen LogP contribution in [0.25, 0.3) is 0 Å². The second-order valence-corrected chi connectivity index (χ2v) is 3.10. The molecular formula is C10H16OS. The Hall–Kier alpha value is -0.470. The standard InChI is InChI=1S/C10H14S.H2O/c1-3-8-6-5-7-10(11)9(8)4-2;/h5-7,11H,3-4H2,1-2H3;1H2. The molecule has 12 heavy (non-hydrogen) atoms. The van der Waals surface area contributed by atoms with Crippen LogP contribution in [0.15, 0.2) is 23.1 Å². The second-order valence-electron chi connectivity index (χ2n) is 2.62. The largest absolute Gasteiger partial charge is 0.412 e. The average molecular weight is 184 g/mol. The second kappa shape index (κ2) is 5.22. The Morgan fingerprint density at radius 2 is 1.83 bits per heavy atom. The maximum atomic E-state index is 4.40. The summed E-state index contributed by atoms with van der Waals surface area (Å²) >= 11 is 4.40. The van der Waals surface area contributed by atoms with Crippen LogP contribution >= 0.6 is 12.6 Å². The smallest absolute Gasteiger partial charge is 0.00746 e. The summed E-state index contributed by atoms with van der Waals surface area (Å²) in [6, 6.07) is 6.31. The van der Waals surface area contributed by atoms with E-state index in [4.69, 9.17) is 0 Å². The first-order valence-electron chi connectivity index (χ1n) is 4.09. The first-order valence-corrected chi connectivity index (χ1v) is 4.54. The number of rotatable bonds is 2. The molecule has 1 nitrogen and oxygen atoms in total. The molecule has 1 aromatic carbocycles. The molecule has 0 radical (unpaired) electrons. The predicted octanol–water partition coefficient (Wildman–Crippen LogP) is 2.28. The van der Waals surface area contributed by atoms with E-state index in [2.05, 4.69) is 44.7 Å². The number of hydrogen-bond acceptors (Lipinski definition) is 1. The Morgan fingerprint density at radius 1 is 1.17 bits per heavy atom. The fourth-order valence-electron chi connectivity index (χ4n) is 1.36. The summed E-state index contributed by atoms with van der Waals surface area (Å²) in [5, 5.41) is 0. The highest BCUT2D eigenvalue weighted by Crippen LogP contribution is 2.19. The Labute approximate surface area is 79.5 Å². The molecule has 0 aliphatic rings. The van der Waals surface area contributed by atoms with Gasteiger partial charge in [0.15, 0.2) is 0 Å². The summed E-state index contributed by atoms with van der Waals surface area (Å²) < 4.78 is 0. The van der Waals surface area contributed by atoms with E-state index >= 15 is 0 Å². The third kappa shape index (κ3) is 2.26. The van der Waals surface area contributed by atoms with E-state index in [9.17, 15) is 0 Å². The van der Waals surface area contributed by atoms with E-state index in [1.165, 1.54) is 11.1 Å². The van der Waals surface area contributed by atoms with Crippen molar-refractivity contribution in [2.45, 2.75) is 31.6 Å². The molecule has 0 heterocycles. The van der Waals surface area contributed by atoms with E-state index in [0.29, 0.717) is 0 Å². The molecule has 0 spiro atoms. The lowest BCUT2D eigenvalue weighted by Gasteiger charge is -2.07. The molecule has 68 valence electrons. The summed E-state index contributed by atoms with van der Waals surface area (Å²) in [4.78, 5) is 1.13. The third-order valence-corrected chi connectivity index (χ3v) is 2.40. The molecular weight excluding hydrogens is 168 g/mol. The molecule has 0 bridgehead atoms. The highest BCUT2D eigenvalue weighted by Gasteiger charge is 2.00. The van der Waals surface area contributed by atoms with Crippen molar-refractivity contribution in [1.82, 2.24) is 0 Å². The van der Waals surface area contributed by atoms with Crippen LogP contribution in [0.5, 0.6) is 0 Å². The van der Waals surface area contributed by atoms with E-state index < -0.39 is 0 Å². The van der Waals surface area contributed by atoms with Crippen molar-refractivity contribution < 1.29 is 5.48 Å². The maximum Gasteiger partial charge on any atom is 0.00746 e. The molecule has 1 aromatic rings. The van der Waals surface area contributed by atoms with Crippen molar-refractivity contribution in [1.29, 1.82) is 0 Å². The van der Waals surface area contributed by atoms with Crippen LogP contribution in [0.3, 0.4) is 0 Å². The van der Waals surface area contributed by atoms with E-state index in [1.54, 1.807) is 0 Å². The van der Waals surface area contributed by atoms with Crippen molar-refractivity contribution in [3.05, 3.63) is 29.3 Å². The minimum atomic E-state index is 0. The fraction of sp³-hybridized carbons (Fsp3) is 0.400. The van der Waals surface area contributed by atoms with Gasteiger partial charge in [0.2, 0.25) is 0 Å². The van der Waals surface area contributed by atoms with E-state index in [-0.39, 0.29) is 5.48 Å². The maximum absolute atomic E-state index is 4.40. The molecule has 0 aliphatic heterocycles. The first kappa shape index (κ1) is 11.5. The Balaban J connectivity index is 0.00000121. The summed E-state index contributed by atoms with van der Waals surface area (Å²) in [7, 11) is 0. The van der Waals surface area contributed by atoms with Gasteiger partial charge in [0.25, 0.3) is 0 Å². The van der Waals surface area contributed by atoms with Gasteiger partial charge in [0.1, 0.15) is 0 Å². The zero-order valence-electron chi connectivity index (χ0n) is 7.59. The highest BCUT2D eigenvalue weighted by molar-refractivity contribution is 7.80. The summed E-state index contributed by atoms with van der Waals surface area (Å²) in [5.41, 5.74) is 2.83. The molecule has 2 heteroatoms. The molecule has 0 atom stereocenters. The van der Waals surface area contributed by atoms with Gasteiger partial charge in [-0.05, 0) is 30.0 Å². The average Bonchev–Trinajstić information content (AvgIpc) is 2.04. The zero-order chi connectivity index (χ0) is 8.27. The molecule has 0 aliphatic carbocycles. The lowest BCUT2D eigenvalue weighted by molar-refractivity contribution is 0.824. The molecule has 0 saturated carbocycles. The third-order valence-electron chi connectivity index (χ3n) is 1.98. The van der Waals surface area contributed by atoms with Crippen LogP contribution in [0.1, 0.15) is 25.0 Å². The van der Waals surface area contributed by atoms with Gasteiger partial charge >= 0.3 is 0 Å². The van der Waals surface area contributed by atoms with Crippen LogP contribution in [0, 0.1) is 0 Å². The van der Waals surface area contributed by atoms with Gasteiger partial charge in [-0.1, -0.05) is 26.0 Å². The van der Waals surface area contributed by atoms with Gasteiger partial charge < -0.3 is 5.48 Å². The van der Waals surface area contributed by atoms with Gasteiger partial charge in [-0.2, -0.15) is 0 Å². The van der Waals surface area contributed by atoms with Gasteiger partial charge in [0.05, 0.1) is 0 Å². The Bertz CT molecular complexity index is 246. The van der Waals surface area contributed by atoms with Crippen molar-refractivity contribution in [3.63, 3.8) is 0 Å².